The van der Waals surface area contributed by atoms with Gasteiger partial charge in [0.25, 0.3) is 0 Å². The van der Waals surface area contributed by atoms with Crippen LogP contribution in [-0.2, 0) is 65.4 Å². The minimum atomic E-state index is -4.97. The van der Waals surface area contributed by atoms with E-state index in [1.165, 1.54) is 218 Å². The van der Waals surface area contributed by atoms with E-state index in [1.54, 1.807) is 0 Å². The molecule has 0 aliphatic heterocycles. The molecule has 0 bridgehead atoms. The van der Waals surface area contributed by atoms with E-state index in [1.807, 2.05) is 0 Å². The second-order valence-corrected chi connectivity index (χ2v) is 33.4. The maximum absolute atomic E-state index is 13.1. The summed E-state index contributed by atoms with van der Waals surface area (Å²) in [6, 6.07) is 0. The molecule has 0 spiro atoms. The first-order valence-corrected chi connectivity index (χ1v) is 45.8. The van der Waals surface area contributed by atoms with Crippen molar-refractivity contribution in [1.82, 2.24) is 0 Å². The number of esters is 4. The Morgan fingerprint density at radius 3 is 0.796 bits per heavy atom. The third-order valence-electron chi connectivity index (χ3n) is 19.1. The van der Waals surface area contributed by atoms with Crippen LogP contribution in [0.5, 0.6) is 0 Å². The molecule has 0 amide bonds. The van der Waals surface area contributed by atoms with Crippen molar-refractivity contribution in [2.75, 3.05) is 39.6 Å². The summed E-state index contributed by atoms with van der Waals surface area (Å²) in [6.07, 6.45) is 68.7. The first-order chi connectivity index (χ1) is 49.9. The summed E-state index contributed by atoms with van der Waals surface area (Å²) in [4.78, 5) is 73.1. The number of hydrogen-bond donors (Lipinski definition) is 3. The van der Waals surface area contributed by atoms with Crippen molar-refractivity contribution in [2.45, 2.75) is 439 Å². The fourth-order valence-corrected chi connectivity index (χ4v) is 14.1. The van der Waals surface area contributed by atoms with Gasteiger partial charge in [-0.1, -0.05) is 368 Å². The molecule has 0 rings (SSSR count). The normalized spacial score (nSPS) is 14.0. The number of unbranched alkanes of at least 4 members (excludes halogenated alkanes) is 48. The van der Waals surface area contributed by atoms with Crippen molar-refractivity contribution in [3.8, 4) is 0 Å². The van der Waals surface area contributed by atoms with Crippen LogP contribution < -0.4 is 0 Å². The number of allylic oxidation sites excluding steroid dienone is 4. The molecule has 5 atom stereocenters. The largest absolute Gasteiger partial charge is 0.472 e. The van der Waals surface area contributed by atoms with Gasteiger partial charge in [-0.15, -0.1) is 0 Å². The van der Waals surface area contributed by atoms with Gasteiger partial charge in [0, 0.05) is 25.7 Å². The highest BCUT2D eigenvalue weighted by molar-refractivity contribution is 7.47. The predicted molar refractivity (Wildman–Crippen MR) is 423 cm³/mol. The van der Waals surface area contributed by atoms with Crippen molar-refractivity contribution in [2.24, 2.45) is 11.8 Å². The summed E-state index contributed by atoms with van der Waals surface area (Å²) in [5.41, 5.74) is 0. The van der Waals surface area contributed by atoms with Gasteiger partial charge >= 0.3 is 39.5 Å². The van der Waals surface area contributed by atoms with Crippen LogP contribution in [0, 0.1) is 11.8 Å². The molecule has 0 saturated heterocycles. The molecule has 0 aliphatic carbocycles. The number of rotatable bonds is 81. The number of phosphoric acid groups is 2. The summed E-state index contributed by atoms with van der Waals surface area (Å²) in [5.74, 6) is -0.558. The standard InChI is InChI=1S/C84H160O17P2/c1-7-9-11-13-15-17-19-21-27-32-35-42-48-54-60-66-81(86)94-72-79(100-84(89)69-63-57-51-45-37-33-29-26-24-23-25-28-30-34-40-46-52-58-64-76(3)4)74-98-102(90,91)96-70-78(85)71-97-103(92,93)99-75-80(73-95-82(87)67-61-55-49-43-39-38-41-47-53-59-65-77(5)6)101-83(88)68-62-56-50-44-36-31-22-20-18-16-14-12-10-8-2/h17,19,21,27,76-80,85H,7-16,18,20,22-26,28-75H2,1-6H3,(H,90,91)(H,92,93)/b19-17-,27-21-/t78-,79-,80-/m1/s1. The average molecular weight is 1500 g/mol. The van der Waals surface area contributed by atoms with Crippen molar-refractivity contribution >= 4 is 39.5 Å². The maximum atomic E-state index is 13.1. The Hall–Kier alpha value is -2.46. The highest BCUT2D eigenvalue weighted by Crippen LogP contribution is 2.45. The molecule has 17 nitrogen and oxygen atoms in total. The van der Waals surface area contributed by atoms with E-state index in [0.717, 1.165) is 121 Å². The maximum Gasteiger partial charge on any atom is 0.472 e. The zero-order valence-corrected chi connectivity index (χ0v) is 68.9. The number of carbonyl (C=O) groups excluding carboxylic acids is 4. The molecule has 0 heterocycles. The Labute approximate surface area is 631 Å². The Balaban J connectivity index is 5.28. The van der Waals surface area contributed by atoms with Crippen LogP contribution >= 0.6 is 15.6 Å². The van der Waals surface area contributed by atoms with E-state index in [4.69, 9.17) is 37.0 Å². The van der Waals surface area contributed by atoms with E-state index in [9.17, 15) is 43.2 Å². The van der Waals surface area contributed by atoms with Crippen LogP contribution in [0.25, 0.3) is 0 Å². The van der Waals surface area contributed by atoms with Crippen LogP contribution in [0.3, 0.4) is 0 Å². The molecule has 0 fully saturated rings. The molecular weight excluding hydrogens is 1340 g/mol. The molecule has 0 aromatic rings. The second-order valence-electron chi connectivity index (χ2n) is 30.5. The van der Waals surface area contributed by atoms with Gasteiger partial charge in [0.1, 0.15) is 19.3 Å². The van der Waals surface area contributed by atoms with Gasteiger partial charge in [-0.25, -0.2) is 9.13 Å². The number of aliphatic hydroxyl groups excluding tert-OH is 1. The molecule has 0 radical (unpaired) electrons. The SMILES string of the molecule is CCCCCC/C=C\C=C/CCCCCCCC(=O)OC[C@H](COP(=O)(O)OC[C@@H](O)COP(=O)(O)OC[C@@H](COC(=O)CCCCCCCCCCCCC(C)C)OC(=O)CCCCCCCCCCCCCCCC)OC(=O)CCCCCCCCCCCCCCCCCCCCC(C)C. The highest BCUT2D eigenvalue weighted by atomic mass is 31.2. The van der Waals surface area contributed by atoms with Crippen LogP contribution in [0.4, 0.5) is 0 Å². The van der Waals surface area contributed by atoms with E-state index in [0.29, 0.717) is 25.7 Å². The van der Waals surface area contributed by atoms with Crippen LogP contribution in [0.2, 0.25) is 0 Å². The van der Waals surface area contributed by atoms with Crippen molar-refractivity contribution in [3.63, 3.8) is 0 Å². The van der Waals surface area contributed by atoms with Gasteiger partial charge in [-0.05, 0) is 63.2 Å². The molecule has 0 aliphatic rings. The lowest BCUT2D eigenvalue weighted by molar-refractivity contribution is -0.161. The molecule has 0 aromatic heterocycles. The lowest BCUT2D eigenvalue weighted by Gasteiger charge is -2.21. The van der Waals surface area contributed by atoms with Crippen molar-refractivity contribution in [3.05, 3.63) is 24.3 Å². The monoisotopic (exact) mass is 1500 g/mol. The third kappa shape index (κ3) is 77.5. The van der Waals surface area contributed by atoms with Crippen LogP contribution in [0.15, 0.2) is 24.3 Å². The second kappa shape index (κ2) is 75.0. The van der Waals surface area contributed by atoms with Crippen LogP contribution in [-0.4, -0.2) is 96.7 Å². The van der Waals surface area contributed by atoms with E-state index >= 15 is 0 Å². The zero-order valence-electron chi connectivity index (χ0n) is 67.1. The topological polar surface area (TPSA) is 237 Å². The van der Waals surface area contributed by atoms with Crippen molar-refractivity contribution < 1.29 is 80.2 Å². The molecule has 2 unspecified atom stereocenters. The van der Waals surface area contributed by atoms with Gasteiger partial charge in [0.2, 0.25) is 0 Å². The number of ether oxygens (including phenoxy) is 4. The molecular formula is C84H160O17P2. The average Bonchev–Trinajstić information content (AvgIpc) is 0.918. The van der Waals surface area contributed by atoms with Crippen molar-refractivity contribution in [1.29, 1.82) is 0 Å². The Morgan fingerprint density at radius 2 is 0.524 bits per heavy atom. The fraction of sp³-hybridized carbons (Fsp3) is 0.905. The summed E-state index contributed by atoms with van der Waals surface area (Å²) in [5, 5.41) is 10.7. The fourth-order valence-electron chi connectivity index (χ4n) is 12.5. The highest BCUT2D eigenvalue weighted by Gasteiger charge is 2.30. The number of phosphoric ester groups is 2. The number of hydrogen-bond acceptors (Lipinski definition) is 15. The zero-order chi connectivity index (χ0) is 75.6. The van der Waals surface area contributed by atoms with Gasteiger partial charge in [0.05, 0.1) is 26.4 Å². The Kier molecular flexibility index (Phi) is 73.2. The lowest BCUT2D eigenvalue weighted by Crippen LogP contribution is -2.30. The van der Waals surface area contributed by atoms with E-state index in [-0.39, 0.29) is 25.7 Å². The molecule has 19 heteroatoms. The quantitative estimate of drug-likeness (QED) is 0.0169. The van der Waals surface area contributed by atoms with Gasteiger partial charge < -0.3 is 33.8 Å². The van der Waals surface area contributed by atoms with Crippen LogP contribution in [0.1, 0.15) is 420 Å². The minimum absolute atomic E-state index is 0.102. The first kappa shape index (κ1) is 101. The minimum Gasteiger partial charge on any atom is -0.462 e. The van der Waals surface area contributed by atoms with E-state index < -0.39 is 97.5 Å². The van der Waals surface area contributed by atoms with Gasteiger partial charge in [0.15, 0.2) is 12.2 Å². The Bertz CT molecular complexity index is 2070. The van der Waals surface area contributed by atoms with E-state index in [2.05, 4.69) is 65.8 Å². The molecule has 608 valence electrons. The summed E-state index contributed by atoms with van der Waals surface area (Å²) < 4.78 is 68.8. The first-order valence-electron chi connectivity index (χ1n) is 42.8. The molecule has 3 N–H and O–H groups in total. The summed E-state index contributed by atoms with van der Waals surface area (Å²) in [7, 11) is -9.94. The third-order valence-corrected chi connectivity index (χ3v) is 21.0. The summed E-state index contributed by atoms with van der Waals surface area (Å²) >= 11 is 0. The molecule has 103 heavy (non-hydrogen) atoms. The smallest absolute Gasteiger partial charge is 0.462 e. The number of carbonyl (C=O) groups is 4. The van der Waals surface area contributed by atoms with Gasteiger partial charge in [-0.3, -0.25) is 37.3 Å². The summed E-state index contributed by atoms with van der Waals surface area (Å²) in [6.45, 7) is 9.62. The Morgan fingerprint density at radius 1 is 0.301 bits per heavy atom. The van der Waals surface area contributed by atoms with Gasteiger partial charge in [-0.2, -0.15) is 0 Å². The molecule has 0 aromatic carbocycles. The lowest BCUT2D eigenvalue weighted by atomic mass is 10.0. The molecule has 0 saturated carbocycles. The number of aliphatic hydroxyl groups is 1. The predicted octanol–water partition coefficient (Wildman–Crippen LogP) is 25.0.